The van der Waals surface area contributed by atoms with Gasteiger partial charge in [-0.15, -0.1) is 0 Å². The van der Waals surface area contributed by atoms with Crippen LogP contribution in [0.2, 0.25) is 0 Å². The number of amides is 1. The fourth-order valence-corrected chi connectivity index (χ4v) is 3.88. The van der Waals surface area contributed by atoms with Crippen LogP contribution in [0.25, 0.3) is 0 Å². The Morgan fingerprint density at radius 1 is 1.13 bits per heavy atom. The molecule has 1 unspecified atom stereocenters. The van der Waals surface area contributed by atoms with E-state index in [1.165, 1.54) is 16.8 Å². The molecule has 1 aromatic heterocycles. The lowest BCUT2D eigenvalue weighted by Gasteiger charge is -2.36. The molecule has 162 valence electrons. The summed E-state index contributed by atoms with van der Waals surface area (Å²) in [5, 5.41) is 3.74. The molecule has 0 bridgehead atoms. The molecule has 1 aliphatic heterocycles. The maximum Gasteiger partial charge on any atom is 0.435 e. The Hall–Kier alpha value is -2.42. The average Bonchev–Trinajstić information content (AvgIpc) is 3.46. The topological polar surface area (TPSA) is 41.4 Å². The van der Waals surface area contributed by atoms with Crippen molar-refractivity contribution in [3.05, 3.63) is 53.1 Å². The van der Waals surface area contributed by atoms with Crippen LogP contribution in [-0.4, -0.2) is 51.7 Å². The zero-order valence-electron chi connectivity index (χ0n) is 16.7. The SMILES string of the molecule is CC(C(=O)N1CCN(Cc2ccc(F)cc2)CC1)n1nc(C(F)(F)F)cc1C1CC1. The smallest absolute Gasteiger partial charge is 0.338 e. The third-order valence-electron chi connectivity index (χ3n) is 5.78. The lowest BCUT2D eigenvalue weighted by atomic mass is 10.1. The number of alkyl halides is 3. The van der Waals surface area contributed by atoms with Gasteiger partial charge in [0.2, 0.25) is 5.91 Å². The number of aromatic nitrogens is 2. The molecule has 1 aliphatic carbocycles. The summed E-state index contributed by atoms with van der Waals surface area (Å²) in [6.45, 7) is 4.58. The van der Waals surface area contributed by atoms with Gasteiger partial charge in [-0.1, -0.05) is 12.1 Å². The monoisotopic (exact) mass is 424 g/mol. The first kappa shape index (κ1) is 20.8. The molecule has 1 saturated carbocycles. The second-order valence-corrected chi connectivity index (χ2v) is 8.07. The summed E-state index contributed by atoms with van der Waals surface area (Å²) in [6.07, 6.45) is -2.87. The van der Waals surface area contributed by atoms with Crippen molar-refractivity contribution in [1.82, 2.24) is 19.6 Å². The van der Waals surface area contributed by atoms with Gasteiger partial charge in [-0.2, -0.15) is 18.3 Å². The fourth-order valence-electron chi connectivity index (χ4n) is 3.88. The summed E-state index contributed by atoms with van der Waals surface area (Å²) in [5.41, 5.74) is 0.557. The number of nitrogens with zero attached hydrogens (tertiary/aromatic N) is 4. The normalized spacial score (nSPS) is 19.2. The highest BCUT2D eigenvalue weighted by Crippen LogP contribution is 2.43. The summed E-state index contributed by atoms with van der Waals surface area (Å²) in [7, 11) is 0. The van der Waals surface area contributed by atoms with Crippen LogP contribution < -0.4 is 0 Å². The predicted molar refractivity (Wildman–Crippen MR) is 102 cm³/mol. The van der Waals surface area contributed by atoms with E-state index in [9.17, 15) is 22.4 Å². The molecule has 1 aromatic carbocycles. The summed E-state index contributed by atoms with van der Waals surface area (Å²) in [5.74, 6) is -0.437. The van der Waals surface area contributed by atoms with Gasteiger partial charge in [-0.3, -0.25) is 14.4 Å². The van der Waals surface area contributed by atoms with Gasteiger partial charge in [0.1, 0.15) is 11.9 Å². The standard InChI is InChI=1S/C21H24F4N4O/c1-14(29-18(16-4-5-16)12-19(26-29)21(23,24)25)20(30)28-10-8-27(9-11-28)13-15-2-6-17(22)7-3-15/h2-3,6-7,12,14,16H,4-5,8-11,13H2,1H3. The Kier molecular flexibility index (Phi) is 5.57. The highest BCUT2D eigenvalue weighted by molar-refractivity contribution is 5.80. The van der Waals surface area contributed by atoms with E-state index in [1.807, 2.05) is 0 Å². The minimum Gasteiger partial charge on any atom is -0.338 e. The molecule has 1 saturated heterocycles. The fraction of sp³-hybridized carbons (Fsp3) is 0.524. The van der Waals surface area contributed by atoms with Gasteiger partial charge < -0.3 is 4.90 Å². The average molecular weight is 424 g/mol. The number of carbonyl (C=O) groups is 1. The molecule has 0 spiro atoms. The van der Waals surface area contributed by atoms with Crippen molar-refractivity contribution in [2.45, 2.75) is 44.4 Å². The summed E-state index contributed by atoms with van der Waals surface area (Å²) in [6, 6.07) is 6.64. The van der Waals surface area contributed by atoms with E-state index in [4.69, 9.17) is 0 Å². The molecule has 1 amide bonds. The summed E-state index contributed by atoms with van der Waals surface area (Å²) >= 11 is 0. The Balaban J connectivity index is 1.39. The van der Waals surface area contributed by atoms with Gasteiger partial charge >= 0.3 is 6.18 Å². The van der Waals surface area contributed by atoms with Gasteiger partial charge in [0, 0.05) is 44.3 Å². The largest absolute Gasteiger partial charge is 0.435 e. The molecule has 0 radical (unpaired) electrons. The van der Waals surface area contributed by atoms with Crippen molar-refractivity contribution in [3.63, 3.8) is 0 Å². The molecule has 30 heavy (non-hydrogen) atoms. The molecule has 4 rings (SSSR count). The van der Waals surface area contributed by atoms with E-state index in [1.54, 1.807) is 24.0 Å². The van der Waals surface area contributed by atoms with Crippen LogP contribution in [0.3, 0.4) is 0 Å². The number of piperazine rings is 1. The predicted octanol–water partition coefficient (Wildman–Crippen LogP) is 3.82. The molecule has 1 atom stereocenters. The molecular formula is C21H24F4N4O. The zero-order valence-corrected chi connectivity index (χ0v) is 16.7. The second-order valence-electron chi connectivity index (χ2n) is 8.07. The first-order chi connectivity index (χ1) is 14.2. The maximum atomic E-state index is 13.1. The van der Waals surface area contributed by atoms with E-state index in [0.29, 0.717) is 38.4 Å². The number of rotatable bonds is 5. The van der Waals surface area contributed by atoms with Crippen molar-refractivity contribution in [1.29, 1.82) is 0 Å². The first-order valence-corrected chi connectivity index (χ1v) is 10.1. The van der Waals surface area contributed by atoms with Gasteiger partial charge in [-0.05, 0) is 43.5 Å². The number of hydrogen-bond acceptors (Lipinski definition) is 3. The Labute approximate surface area is 172 Å². The van der Waals surface area contributed by atoms with Crippen LogP contribution in [-0.2, 0) is 17.5 Å². The number of carbonyl (C=O) groups excluding carboxylic acids is 1. The van der Waals surface area contributed by atoms with Gasteiger partial charge in [-0.25, -0.2) is 4.39 Å². The lowest BCUT2D eigenvalue weighted by Crippen LogP contribution is -2.50. The minimum atomic E-state index is -4.52. The molecule has 2 aliphatic rings. The summed E-state index contributed by atoms with van der Waals surface area (Å²) in [4.78, 5) is 16.8. The highest BCUT2D eigenvalue weighted by Gasteiger charge is 2.39. The van der Waals surface area contributed by atoms with Crippen molar-refractivity contribution in [2.75, 3.05) is 26.2 Å². The Bertz CT molecular complexity index is 897. The lowest BCUT2D eigenvalue weighted by molar-refractivity contribution is -0.143. The van der Waals surface area contributed by atoms with E-state index < -0.39 is 17.9 Å². The zero-order chi connectivity index (χ0) is 21.5. The van der Waals surface area contributed by atoms with Crippen LogP contribution in [0.1, 0.15) is 48.7 Å². The quantitative estimate of drug-likeness (QED) is 0.686. The minimum absolute atomic E-state index is 0.0522. The van der Waals surface area contributed by atoms with E-state index >= 15 is 0 Å². The van der Waals surface area contributed by atoms with Gasteiger partial charge in [0.05, 0.1) is 0 Å². The molecule has 2 heterocycles. The Morgan fingerprint density at radius 3 is 2.33 bits per heavy atom. The van der Waals surface area contributed by atoms with Crippen LogP contribution in [0, 0.1) is 5.82 Å². The molecule has 9 heteroatoms. The van der Waals surface area contributed by atoms with Crippen molar-refractivity contribution >= 4 is 5.91 Å². The van der Waals surface area contributed by atoms with Crippen LogP contribution in [0.5, 0.6) is 0 Å². The number of benzene rings is 1. The van der Waals surface area contributed by atoms with Crippen molar-refractivity contribution in [3.8, 4) is 0 Å². The van der Waals surface area contributed by atoms with Crippen molar-refractivity contribution < 1.29 is 22.4 Å². The molecular weight excluding hydrogens is 400 g/mol. The van der Waals surface area contributed by atoms with Crippen molar-refractivity contribution in [2.24, 2.45) is 0 Å². The Morgan fingerprint density at radius 2 is 1.77 bits per heavy atom. The third kappa shape index (κ3) is 4.50. The molecule has 2 fully saturated rings. The van der Waals surface area contributed by atoms with E-state index in [2.05, 4.69) is 10.00 Å². The van der Waals surface area contributed by atoms with Crippen LogP contribution in [0.4, 0.5) is 17.6 Å². The maximum absolute atomic E-state index is 13.1. The summed E-state index contributed by atoms with van der Waals surface area (Å²) < 4.78 is 53.7. The second kappa shape index (κ2) is 8.02. The number of hydrogen-bond donors (Lipinski definition) is 0. The van der Waals surface area contributed by atoms with Gasteiger partial charge in [0.25, 0.3) is 0 Å². The van der Waals surface area contributed by atoms with E-state index in [-0.39, 0.29) is 17.6 Å². The highest BCUT2D eigenvalue weighted by atomic mass is 19.4. The first-order valence-electron chi connectivity index (χ1n) is 10.1. The van der Waals surface area contributed by atoms with Gasteiger partial charge in [0.15, 0.2) is 5.69 Å². The molecule has 5 nitrogen and oxygen atoms in total. The third-order valence-corrected chi connectivity index (χ3v) is 5.78. The molecule has 2 aromatic rings. The number of halogens is 4. The van der Waals surface area contributed by atoms with E-state index in [0.717, 1.165) is 24.5 Å². The van der Waals surface area contributed by atoms with Crippen LogP contribution >= 0.6 is 0 Å². The molecule has 0 N–H and O–H groups in total. The van der Waals surface area contributed by atoms with Crippen LogP contribution in [0.15, 0.2) is 30.3 Å².